The van der Waals surface area contributed by atoms with Gasteiger partial charge < -0.3 is 20.1 Å². The Hall–Kier alpha value is -4.49. The molecule has 230 valence electrons. The molecule has 3 aromatic carbocycles. The maximum Gasteiger partial charge on any atom is 0.310 e. The van der Waals surface area contributed by atoms with Crippen molar-refractivity contribution in [3.63, 3.8) is 0 Å². The second kappa shape index (κ2) is 16.4. The molecular weight excluding hydrogens is 552 g/mol. The molecule has 0 fully saturated rings. The van der Waals surface area contributed by atoms with Gasteiger partial charge in [-0.15, -0.1) is 13.2 Å². The number of benzene rings is 3. The average molecular weight is 595 g/mol. The number of fused-ring (bicyclic) bond motifs is 1. The molecule has 44 heavy (non-hydrogen) atoms. The number of aliphatic hydroxyl groups excluding tert-OH is 1. The summed E-state index contributed by atoms with van der Waals surface area (Å²) >= 11 is 0. The van der Waals surface area contributed by atoms with Crippen molar-refractivity contribution in [2.75, 3.05) is 13.2 Å². The monoisotopic (exact) mass is 594 g/mol. The van der Waals surface area contributed by atoms with Crippen LogP contribution in [0.4, 0.5) is 0 Å². The number of amides is 2. The van der Waals surface area contributed by atoms with Crippen molar-refractivity contribution >= 4 is 17.8 Å². The number of nitrogens with one attached hydrogen (secondary N) is 1. The van der Waals surface area contributed by atoms with Gasteiger partial charge in [-0.05, 0) is 47.9 Å². The summed E-state index contributed by atoms with van der Waals surface area (Å²) in [5.74, 6) is -1.96. The fourth-order valence-corrected chi connectivity index (χ4v) is 5.69. The number of carbonyl (C=O) groups is 3. The lowest BCUT2D eigenvalue weighted by Gasteiger charge is -2.36. The van der Waals surface area contributed by atoms with Gasteiger partial charge in [-0.1, -0.05) is 97.1 Å². The molecule has 0 bridgehead atoms. The van der Waals surface area contributed by atoms with Crippen molar-refractivity contribution < 1.29 is 24.2 Å². The van der Waals surface area contributed by atoms with Gasteiger partial charge in [0.1, 0.15) is 6.10 Å². The summed E-state index contributed by atoms with van der Waals surface area (Å²) in [4.78, 5) is 42.0. The Morgan fingerprint density at radius 2 is 1.50 bits per heavy atom. The fraction of sp³-hybridized carbons (Fsp3) is 0.324. The first-order valence-corrected chi connectivity index (χ1v) is 15.2. The third-order valence-corrected chi connectivity index (χ3v) is 8.13. The van der Waals surface area contributed by atoms with Gasteiger partial charge in [-0.3, -0.25) is 14.4 Å². The SMILES string of the molecule is C=CC[C@@H](CC(=O)N1Cc2ccccc2C[C@H]1CO)C(=O)NC[C@@H](OC(=O)[C@@H](CC=C)Cc1ccccc1)c1ccccc1. The molecule has 0 aliphatic carbocycles. The lowest BCUT2D eigenvalue weighted by atomic mass is 9.92. The number of allylic oxidation sites excluding steroid dienone is 2. The van der Waals surface area contributed by atoms with Gasteiger partial charge in [0, 0.05) is 13.0 Å². The molecule has 0 unspecified atom stereocenters. The molecule has 7 heteroatoms. The van der Waals surface area contributed by atoms with Gasteiger partial charge in [0.15, 0.2) is 0 Å². The number of aliphatic hydroxyl groups is 1. The summed E-state index contributed by atoms with van der Waals surface area (Å²) in [5.41, 5.74) is 3.95. The van der Waals surface area contributed by atoms with Crippen LogP contribution in [0.15, 0.2) is 110 Å². The number of nitrogens with zero attached hydrogens (tertiary/aromatic N) is 1. The molecule has 0 aromatic heterocycles. The van der Waals surface area contributed by atoms with Crippen molar-refractivity contribution in [1.29, 1.82) is 0 Å². The zero-order valence-corrected chi connectivity index (χ0v) is 25.1. The van der Waals surface area contributed by atoms with E-state index in [4.69, 9.17) is 4.74 Å². The maximum absolute atomic E-state index is 13.5. The second-order valence-electron chi connectivity index (χ2n) is 11.2. The van der Waals surface area contributed by atoms with Gasteiger partial charge in [0.05, 0.1) is 31.0 Å². The fourth-order valence-electron chi connectivity index (χ4n) is 5.69. The summed E-state index contributed by atoms with van der Waals surface area (Å²) in [6, 6.07) is 26.6. The van der Waals surface area contributed by atoms with E-state index in [0.29, 0.717) is 32.2 Å². The van der Waals surface area contributed by atoms with Crippen LogP contribution in [0, 0.1) is 11.8 Å². The van der Waals surface area contributed by atoms with Gasteiger partial charge in [-0.2, -0.15) is 0 Å². The molecule has 1 aliphatic rings. The quantitative estimate of drug-likeness (QED) is 0.183. The first-order chi connectivity index (χ1) is 21.4. The van der Waals surface area contributed by atoms with Crippen molar-refractivity contribution in [2.24, 2.45) is 11.8 Å². The first kappa shape index (κ1) is 32.4. The highest BCUT2D eigenvalue weighted by Gasteiger charge is 2.32. The summed E-state index contributed by atoms with van der Waals surface area (Å²) in [7, 11) is 0. The van der Waals surface area contributed by atoms with E-state index in [1.54, 1.807) is 17.1 Å². The van der Waals surface area contributed by atoms with E-state index in [0.717, 1.165) is 22.3 Å². The first-order valence-electron chi connectivity index (χ1n) is 15.2. The topological polar surface area (TPSA) is 95.9 Å². The number of carbonyl (C=O) groups excluding carboxylic acids is 3. The number of esters is 1. The van der Waals surface area contributed by atoms with Crippen LogP contribution in [-0.2, 0) is 38.5 Å². The van der Waals surface area contributed by atoms with E-state index in [-0.39, 0.29) is 43.4 Å². The normalized spacial score (nSPS) is 16.1. The standard InChI is InChI=1S/C37H42N2O5/c1-3-13-30(23-35(41)39-25-32-20-12-11-19-29(32)22-33(39)26-40)36(42)38-24-34(28-17-9-6-10-18-28)44-37(43)31(14-4-2)21-27-15-7-5-8-16-27/h3-12,15-20,30-31,33-34,40H,1-2,13-14,21-26H2,(H,38,42)/t30-,31-,33-,34+/m0/s1. The number of hydrogen-bond donors (Lipinski definition) is 2. The van der Waals surface area contributed by atoms with E-state index in [9.17, 15) is 19.5 Å². The minimum absolute atomic E-state index is 0.0230. The van der Waals surface area contributed by atoms with Gasteiger partial charge >= 0.3 is 5.97 Å². The molecule has 0 saturated heterocycles. The third kappa shape index (κ3) is 8.77. The Labute approximate surface area is 260 Å². The minimum Gasteiger partial charge on any atom is -0.455 e. The van der Waals surface area contributed by atoms with Crippen LogP contribution in [0.3, 0.4) is 0 Å². The van der Waals surface area contributed by atoms with Crippen LogP contribution >= 0.6 is 0 Å². The summed E-state index contributed by atoms with van der Waals surface area (Å²) < 4.78 is 6.03. The number of rotatable bonds is 15. The Kier molecular flexibility index (Phi) is 12.1. The lowest BCUT2D eigenvalue weighted by Crippen LogP contribution is -2.47. The molecule has 4 rings (SSSR count). The molecule has 0 radical (unpaired) electrons. The van der Waals surface area contributed by atoms with Crippen molar-refractivity contribution in [2.45, 2.75) is 50.8 Å². The Bertz CT molecular complexity index is 1410. The predicted molar refractivity (Wildman–Crippen MR) is 171 cm³/mol. The molecule has 4 atom stereocenters. The number of hydrogen-bond acceptors (Lipinski definition) is 5. The third-order valence-electron chi connectivity index (χ3n) is 8.13. The summed E-state index contributed by atoms with van der Waals surface area (Å²) in [5, 5.41) is 13.0. The van der Waals surface area contributed by atoms with Crippen molar-refractivity contribution in [3.8, 4) is 0 Å². The predicted octanol–water partition coefficient (Wildman–Crippen LogP) is 5.35. The molecular formula is C37H42N2O5. The highest BCUT2D eigenvalue weighted by Crippen LogP contribution is 2.26. The molecule has 0 saturated carbocycles. The molecule has 1 heterocycles. The Morgan fingerprint density at radius 1 is 0.886 bits per heavy atom. The zero-order valence-electron chi connectivity index (χ0n) is 25.1. The molecule has 1 aliphatic heterocycles. The average Bonchev–Trinajstić information content (AvgIpc) is 3.06. The van der Waals surface area contributed by atoms with Crippen LogP contribution in [0.1, 0.15) is 47.6 Å². The molecule has 2 amide bonds. The van der Waals surface area contributed by atoms with Crippen molar-refractivity contribution in [1.82, 2.24) is 10.2 Å². The van der Waals surface area contributed by atoms with Gasteiger partial charge in [-0.25, -0.2) is 0 Å². The molecule has 2 N–H and O–H groups in total. The van der Waals surface area contributed by atoms with Crippen LogP contribution < -0.4 is 5.32 Å². The van der Waals surface area contributed by atoms with E-state index in [1.165, 1.54) is 0 Å². The van der Waals surface area contributed by atoms with Crippen LogP contribution in [0.25, 0.3) is 0 Å². The van der Waals surface area contributed by atoms with E-state index in [1.807, 2.05) is 84.9 Å². The van der Waals surface area contributed by atoms with Crippen molar-refractivity contribution in [3.05, 3.63) is 132 Å². The summed E-state index contributed by atoms with van der Waals surface area (Å²) in [6.07, 6.45) is 4.45. The van der Waals surface area contributed by atoms with Gasteiger partial charge in [0.25, 0.3) is 0 Å². The Balaban J connectivity index is 1.43. The van der Waals surface area contributed by atoms with Crippen LogP contribution in [0.2, 0.25) is 0 Å². The van der Waals surface area contributed by atoms with E-state index >= 15 is 0 Å². The van der Waals surface area contributed by atoms with Gasteiger partial charge in [0.2, 0.25) is 11.8 Å². The highest BCUT2D eigenvalue weighted by molar-refractivity contribution is 5.86. The zero-order chi connectivity index (χ0) is 31.3. The van der Waals surface area contributed by atoms with Crippen LogP contribution in [-0.4, -0.2) is 47.0 Å². The molecule has 3 aromatic rings. The Morgan fingerprint density at radius 3 is 2.16 bits per heavy atom. The molecule has 7 nitrogen and oxygen atoms in total. The van der Waals surface area contributed by atoms with E-state index < -0.39 is 17.9 Å². The second-order valence-corrected chi connectivity index (χ2v) is 11.2. The highest BCUT2D eigenvalue weighted by atomic mass is 16.5. The molecule has 0 spiro atoms. The maximum atomic E-state index is 13.5. The summed E-state index contributed by atoms with van der Waals surface area (Å²) in [6.45, 7) is 7.91. The van der Waals surface area contributed by atoms with Crippen LogP contribution in [0.5, 0.6) is 0 Å². The lowest BCUT2D eigenvalue weighted by molar-refractivity contribution is -0.154. The number of ether oxygens (including phenoxy) is 1. The largest absolute Gasteiger partial charge is 0.455 e. The minimum atomic E-state index is -0.715. The smallest absolute Gasteiger partial charge is 0.310 e. The van der Waals surface area contributed by atoms with E-state index in [2.05, 4.69) is 18.5 Å².